The van der Waals surface area contributed by atoms with E-state index in [2.05, 4.69) is 10.1 Å². The molecule has 0 aromatic carbocycles. The lowest BCUT2D eigenvalue weighted by molar-refractivity contribution is -0.241. The van der Waals surface area contributed by atoms with Crippen LogP contribution in [0, 0.1) is 5.92 Å². The van der Waals surface area contributed by atoms with Gasteiger partial charge in [0.1, 0.15) is 5.92 Å². The minimum Gasteiger partial charge on any atom is -0.469 e. The predicted octanol–water partition coefficient (Wildman–Crippen LogP) is -0.327. The number of methoxy groups -OCH3 is 3. The van der Waals surface area contributed by atoms with Crippen LogP contribution in [0.25, 0.3) is 0 Å². The van der Waals surface area contributed by atoms with Crippen molar-refractivity contribution in [1.82, 2.24) is 5.32 Å². The molecule has 0 spiro atoms. The number of rotatable bonds is 5. The molecule has 16 heavy (non-hydrogen) atoms. The fourth-order valence-corrected chi connectivity index (χ4v) is 1.81. The SMILES string of the molecule is COC(=O)C[C@H]1NC(=O)[C@H]1C(C)(OC)OC. The molecule has 0 unspecified atom stereocenters. The topological polar surface area (TPSA) is 73.9 Å². The molecule has 0 aromatic rings. The molecule has 1 fully saturated rings. The number of amides is 1. The van der Waals surface area contributed by atoms with Crippen LogP contribution in [0.1, 0.15) is 13.3 Å². The number of carbonyl (C=O) groups is 2. The summed E-state index contributed by atoms with van der Waals surface area (Å²) in [5.41, 5.74) is 0. The van der Waals surface area contributed by atoms with Crippen molar-refractivity contribution >= 4 is 11.9 Å². The van der Waals surface area contributed by atoms with Crippen LogP contribution >= 0.6 is 0 Å². The van der Waals surface area contributed by atoms with E-state index < -0.39 is 11.7 Å². The third kappa shape index (κ3) is 2.17. The Morgan fingerprint density at radius 3 is 2.31 bits per heavy atom. The molecule has 1 saturated heterocycles. The molecule has 1 aliphatic heterocycles. The van der Waals surface area contributed by atoms with E-state index in [0.717, 1.165) is 0 Å². The number of hydrogen-bond acceptors (Lipinski definition) is 5. The molecule has 0 aromatic heterocycles. The molecule has 0 aliphatic carbocycles. The fraction of sp³-hybridized carbons (Fsp3) is 0.800. The lowest BCUT2D eigenvalue weighted by atomic mass is 9.81. The summed E-state index contributed by atoms with van der Waals surface area (Å²) in [6.45, 7) is 1.67. The maximum absolute atomic E-state index is 11.5. The Morgan fingerprint density at radius 2 is 1.94 bits per heavy atom. The molecule has 1 heterocycles. The minimum atomic E-state index is -1.01. The second-order valence-electron chi connectivity index (χ2n) is 3.80. The zero-order valence-corrected chi connectivity index (χ0v) is 9.90. The van der Waals surface area contributed by atoms with Crippen LogP contribution in [0.5, 0.6) is 0 Å². The van der Waals surface area contributed by atoms with Crippen LogP contribution in [0.15, 0.2) is 0 Å². The Hall–Kier alpha value is -1.14. The van der Waals surface area contributed by atoms with Crippen LogP contribution in [0.4, 0.5) is 0 Å². The Labute approximate surface area is 94.2 Å². The summed E-state index contributed by atoms with van der Waals surface area (Å²) < 4.78 is 14.9. The predicted molar refractivity (Wildman–Crippen MR) is 54.5 cm³/mol. The second kappa shape index (κ2) is 4.80. The smallest absolute Gasteiger partial charge is 0.307 e. The number of ether oxygens (including phenoxy) is 3. The first-order chi connectivity index (χ1) is 7.48. The van der Waals surface area contributed by atoms with Gasteiger partial charge in [0.05, 0.1) is 19.6 Å². The van der Waals surface area contributed by atoms with Crippen molar-refractivity contribution in [2.45, 2.75) is 25.2 Å². The first-order valence-electron chi connectivity index (χ1n) is 4.96. The van der Waals surface area contributed by atoms with E-state index in [4.69, 9.17) is 9.47 Å². The van der Waals surface area contributed by atoms with E-state index in [1.807, 2.05) is 0 Å². The number of esters is 1. The summed E-state index contributed by atoms with van der Waals surface area (Å²) in [6, 6.07) is -0.301. The third-order valence-corrected chi connectivity index (χ3v) is 3.00. The van der Waals surface area contributed by atoms with Gasteiger partial charge in [0, 0.05) is 14.2 Å². The monoisotopic (exact) mass is 231 g/mol. The summed E-state index contributed by atoms with van der Waals surface area (Å²) in [7, 11) is 4.23. The Kier molecular flexibility index (Phi) is 3.88. The van der Waals surface area contributed by atoms with Crippen LogP contribution in [0.2, 0.25) is 0 Å². The average molecular weight is 231 g/mol. The van der Waals surface area contributed by atoms with Crippen molar-refractivity contribution in [2.24, 2.45) is 5.92 Å². The van der Waals surface area contributed by atoms with Gasteiger partial charge in [-0.25, -0.2) is 0 Å². The van der Waals surface area contributed by atoms with E-state index >= 15 is 0 Å². The largest absolute Gasteiger partial charge is 0.469 e. The zero-order chi connectivity index (χ0) is 12.3. The van der Waals surface area contributed by atoms with Crippen LogP contribution in [-0.4, -0.2) is 45.0 Å². The summed E-state index contributed by atoms with van der Waals surface area (Å²) in [6.07, 6.45) is 0.120. The van der Waals surface area contributed by atoms with Gasteiger partial charge in [-0.2, -0.15) is 0 Å². The molecular formula is C10H17NO5. The Bertz CT molecular complexity index is 287. The lowest BCUT2D eigenvalue weighted by Crippen LogP contribution is -2.67. The highest BCUT2D eigenvalue weighted by Gasteiger charge is 2.52. The number of β-lactam (4-membered cyclic amide) rings is 1. The Balaban J connectivity index is 2.70. The van der Waals surface area contributed by atoms with Crippen LogP contribution in [-0.2, 0) is 23.8 Å². The first kappa shape index (κ1) is 12.9. The van der Waals surface area contributed by atoms with Gasteiger partial charge in [-0.1, -0.05) is 0 Å². The van der Waals surface area contributed by atoms with E-state index in [0.29, 0.717) is 0 Å². The van der Waals surface area contributed by atoms with Gasteiger partial charge in [0.2, 0.25) is 5.91 Å². The van der Waals surface area contributed by atoms with Crippen molar-refractivity contribution < 1.29 is 23.8 Å². The van der Waals surface area contributed by atoms with Crippen molar-refractivity contribution in [1.29, 1.82) is 0 Å². The second-order valence-corrected chi connectivity index (χ2v) is 3.80. The lowest BCUT2D eigenvalue weighted by Gasteiger charge is -2.45. The quantitative estimate of drug-likeness (QED) is 0.398. The van der Waals surface area contributed by atoms with Gasteiger partial charge in [-0.3, -0.25) is 9.59 Å². The molecule has 92 valence electrons. The summed E-state index contributed by atoms with van der Waals surface area (Å²) in [5.74, 6) is -2.06. The van der Waals surface area contributed by atoms with E-state index in [1.54, 1.807) is 6.92 Å². The maximum Gasteiger partial charge on any atom is 0.307 e. The Morgan fingerprint density at radius 1 is 1.38 bits per heavy atom. The van der Waals surface area contributed by atoms with Crippen molar-refractivity contribution in [3.05, 3.63) is 0 Å². The first-order valence-corrected chi connectivity index (χ1v) is 4.96. The minimum absolute atomic E-state index is 0.120. The molecule has 1 amide bonds. The molecule has 1 N–H and O–H groups in total. The zero-order valence-electron chi connectivity index (χ0n) is 9.90. The highest BCUT2D eigenvalue weighted by atomic mass is 16.7. The molecule has 2 atom stereocenters. The summed E-state index contributed by atoms with van der Waals surface area (Å²) in [5, 5.41) is 2.63. The molecule has 0 saturated carbocycles. The van der Waals surface area contributed by atoms with Gasteiger partial charge < -0.3 is 19.5 Å². The van der Waals surface area contributed by atoms with E-state index in [9.17, 15) is 9.59 Å². The number of hydrogen-bond donors (Lipinski definition) is 1. The van der Waals surface area contributed by atoms with Gasteiger partial charge >= 0.3 is 5.97 Å². The number of carbonyl (C=O) groups excluding carboxylic acids is 2. The molecule has 0 radical (unpaired) electrons. The normalized spacial score (nSPS) is 24.6. The van der Waals surface area contributed by atoms with Crippen molar-refractivity contribution in [2.75, 3.05) is 21.3 Å². The van der Waals surface area contributed by atoms with Gasteiger partial charge in [-0.05, 0) is 6.92 Å². The summed E-state index contributed by atoms with van der Waals surface area (Å²) >= 11 is 0. The third-order valence-electron chi connectivity index (χ3n) is 3.00. The molecule has 6 heteroatoms. The molecule has 0 bridgehead atoms. The van der Waals surface area contributed by atoms with E-state index in [1.165, 1.54) is 21.3 Å². The van der Waals surface area contributed by atoms with Crippen molar-refractivity contribution in [3.8, 4) is 0 Å². The maximum atomic E-state index is 11.5. The standard InChI is InChI=1S/C10H17NO5/c1-10(15-3,16-4)8-6(11-9(8)13)5-7(12)14-2/h6,8H,5H2,1-4H3,(H,11,13)/t6-,8+/m1/s1. The van der Waals surface area contributed by atoms with Gasteiger partial charge in [0.15, 0.2) is 5.79 Å². The highest BCUT2D eigenvalue weighted by Crippen LogP contribution is 2.32. The van der Waals surface area contributed by atoms with Crippen LogP contribution < -0.4 is 5.32 Å². The fourth-order valence-electron chi connectivity index (χ4n) is 1.81. The molecule has 6 nitrogen and oxygen atoms in total. The van der Waals surface area contributed by atoms with Crippen molar-refractivity contribution in [3.63, 3.8) is 0 Å². The van der Waals surface area contributed by atoms with Gasteiger partial charge in [-0.15, -0.1) is 0 Å². The summed E-state index contributed by atoms with van der Waals surface area (Å²) in [4.78, 5) is 22.6. The molecule has 1 rings (SSSR count). The van der Waals surface area contributed by atoms with Gasteiger partial charge in [0.25, 0.3) is 0 Å². The average Bonchev–Trinajstić information content (AvgIpc) is 2.27. The molecule has 1 aliphatic rings. The van der Waals surface area contributed by atoms with E-state index in [-0.39, 0.29) is 24.3 Å². The number of nitrogens with one attached hydrogen (secondary N) is 1. The molecular weight excluding hydrogens is 214 g/mol. The highest BCUT2D eigenvalue weighted by molar-refractivity contribution is 5.88. The van der Waals surface area contributed by atoms with Crippen LogP contribution in [0.3, 0.4) is 0 Å².